The van der Waals surface area contributed by atoms with Gasteiger partial charge in [0.2, 0.25) is 0 Å². The lowest BCUT2D eigenvalue weighted by atomic mass is 10.1. The van der Waals surface area contributed by atoms with E-state index < -0.39 is 11.7 Å². The van der Waals surface area contributed by atoms with Gasteiger partial charge in [0.15, 0.2) is 0 Å². The Morgan fingerprint density at radius 2 is 2.15 bits per heavy atom. The third-order valence-corrected chi connectivity index (χ3v) is 2.46. The monoisotopic (exact) mass is 209 g/mol. The summed E-state index contributed by atoms with van der Waals surface area (Å²) >= 11 is 1.57. The van der Waals surface area contributed by atoms with Crippen molar-refractivity contribution >= 4 is 11.8 Å². The molecule has 0 aliphatic rings. The van der Waals surface area contributed by atoms with Gasteiger partial charge < -0.3 is 20.6 Å². The maximum Gasteiger partial charge on any atom is 0.0894 e. The molecule has 0 bridgehead atoms. The van der Waals surface area contributed by atoms with Crippen LogP contribution in [0.25, 0.3) is 0 Å². The molecule has 80 valence electrons. The lowest BCUT2D eigenvalue weighted by molar-refractivity contribution is 0.0663. The van der Waals surface area contributed by atoms with E-state index in [9.17, 15) is 5.11 Å². The summed E-state index contributed by atoms with van der Waals surface area (Å²) in [6.07, 6.45) is 1.18. The summed E-state index contributed by atoms with van der Waals surface area (Å²) in [5, 5.41) is 30.1. The fourth-order valence-electron chi connectivity index (χ4n) is 0.935. The Hall–Kier alpha value is 0.190. The topological polar surface area (TPSA) is 72.7 Å². The summed E-state index contributed by atoms with van der Waals surface area (Å²) in [6.45, 7) is 2.21. The van der Waals surface area contributed by atoms with Gasteiger partial charge in [-0.25, -0.2) is 0 Å². The molecular formula is C8H19NO3S. The van der Waals surface area contributed by atoms with Crippen LogP contribution < -0.4 is 5.32 Å². The molecule has 0 aromatic rings. The van der Waals surface area contributed by atoms with Crippen molar-refractivity contribution in [2.24, 2.45) is 0 Å². The smallest absolute Gasteiger partial charge is 0.0894 e. The van der Waals surface area contributed by atoms with Crippen LogP contribution in [0, 0.1) is 0 Å². The minimum Gasteiger partial charge on any atom is -0.394 e. The molecule has 13 heavy (non-hydrogen) atoms. The summed E-state index contributed by atoms with van der Waals surface area (Å²) in [5.74, 6) is 0.648. The second-order valence-corrected chi connectivity index (χ2v) is 4.26. The molecule has 0 aliphatic heterocycles. The zero-order valence-electron chi connectivity index (χ0n) is 8.16. The van der Waals surface area contributed by atoms with Crippen LogP contribution in [0.5, 0.6) is 0 Å². The molecule has 0 saturated carbocycles. The molecule has 0 fully saturated rings. The zero-order valence-corrected chi connectivity index (χ0v) is 8.97. The quantitative estimate of drug-likeness (QED) is 0.435. The number of nitrogens with one attached hydrogen (secondary N) is 1. The van der Waals surface area contributed by atoms with Gasteiger partial charge in [-0.2, -0.15) is 11.8 Å². The first-order valence-corrected chi connectivity index (χ1v) is 5.62. The maximum absolute atomic E-state index is 9.67. The number of hydrogen-bond acceptors (Lipinski definition) is 5. The second-order valence-electron chi connectivity index (χ2n) is 3.40. The van der Waals surface area contributed by atoms with Crippen LogP contribution in [0.2, 0.25) is 0 Å². The van der Waals surface area contributed by atoms with Crippen LogP contribution in [0.4, 0.5) is 0 Å². The lowest BCUT2D eigenvalue weighted by Crippen LogP contribution is -2.43. The standard InChI is InChI=1S/C8H19NO3S/c1-8(12,6-13-2)5-9-3-7(11)4-10/h7,9-12H,3-6H2,1-2H3. The maximum atomic E-state index is 9.67. The summed E-state index contributed by atoms with van der Waals surface area (Å²) < 4.78 is 0. The Bertz CT molecular complexity index is 133. The molecule has 0 aromatic carbocycles. The van der Waals surface area contributed by atoms with E-state index in [-0.39, 0.29) is 6.61 Å². The van der Waals surface area contributed by atoms with E-state index in [1.807, 2.05) is 6.26 Å². The Kier molecular flexibility index (Phi) is 6.71. The third kappa shape index (κ3) is 7.28. The molecule has 0 rings (SSSR count). The van der Waals surface area contributed by atoms with E-state index >= 15 is 0 Å². The second kappa shape index (κ2) is 6.62. The predicted molar refractivity (Wildman–Crippen MR) is 55.0 cm³/mol. The molecular weight excluding hydrogens is 190 g/mol. The Morgan fingerprint density at radius 1 is 1.54 bits per heavy atom. The molecule has 4 N–H and O–H groups in total. The highest BCUT2D eigenvalue weighted by atomic mass is 32.2. The zero-order chi connectivity index (χ0) is 10.3. The number of hydrogen-bond donors (Lipinski definition) is 4. The number of thioether (sulfide) groups is 1. The van der Waals surface area contributed by atoms with E-state index in [2.05, 4.69) is 5.32 Å². The molecule has 0 saturated heterocycles. The van der Waals surface area contributed by atoms with E-state index in [0.717, 1.165) is 0 Å². The van der Waals surface area contributed by atoms with E-state index in [0.29, 0.717) is 18.8 Å². The average molecular weight is 209 g/mol. The van der Waals surface area contributed by atoms with Gasteiger partial charge in [0.1, 0.15) is 0 Å². The van der Waals surface area contributed by atoms with Crippen molar-refractivity contribution < 1.29 is 15.3 Å². The molecule has 0 aliphatic carbocycles. The first kappa shape index (κ1) is 13.2. The Balaban J connectivity index is 3.50. The van der Waals surface area contributed by atoms with Gasteiger partial charge in [0, 0.05) is 18.8 Å². The van der Waals surface area contributed by atoms with Gasteiger partial charge >= 0.3 is 0 Å². The number of aliphatic hydroxyl groups is 3. The van der Waals surface area contributed by atoms with Crippen molar-refractivity contribution in [1.29, 1.82) is 0 Å². The van der Waals surface area contributed by atoms with E-state index in [1.54, 1.807) is 18.7 Å². The van der Waals surface area contributed by atoms with Crippen molar-refractivity contribution in [1.82, 2.24) is 5.32 Å². The molecule has 2 unspecified atom stereocenters. The first-order chi connectivity index (χ1) is 6.02. The van der Waals surface area contributed by atoms with Gasteiger partial charge in [-0.15, -0.1) is 0 Å². The van der Waals surface area contributed by atoms with Crippen molar-refractivity contribution in [3.05, 3.63) is 0 Å². The molecule has 0 spiro atoms. The van der Waals surface area contributed by atoms with E-state index in [4.69, 9.17) is 10.2 Å². The highest BCUT2D eigenvalue weighted by Crippen LogP contribution is 2.08. The van der Waals surface area contributed by atoms with Gasteiger partial charge in [-0.1, -0.05) is 0 Å². The minimum absolute atomic E-state index is 0.252. The Labute approximate surface area is 83.3 Å². The SMILES string of the molecule is CSCC(C)(O)CNCC(O)CO. The molecule has 0 amide bonds. The van der Waals surface area contributed by atoms with Crippen LogP contribution in [0.1, 0.15) is 6.92 Å². The van der Waals surface area contributed by atoms with Crippen LogP contribution in [0.3, 0.4) is 0 Å². The van der Waals surface area contributed by atoms with Crippen molar-refractivity contribution in [3.8, 4) is 0 Å². The molecule has 0 radical (unpaired) electrons. The fraction of sp³-hybridized carbons (Fsp3) is 1.00. The molecule has 2 atom stereocenters. The van der Waals surface area contributed by atoms with Gasteiger partial charge in [-0.05, 0) is 13.2 Å². The van der Waals surface area contributed by atoms with Gasteiger partial charge in [0.05, 0.1) is 18.3 Å². The minimum atomic E-state index is -0.755. The van der Waals surface area contributed by atoms with Crippen LogP contribution in [-0.2, 0) is 0 Å². The Morgan fingerprint density at radius 3 is 2.62 bits per heavy atom. The largest absolute Gasteiger partial charge is 0.394 e. The summed E-state index contributed by atoms with van der Waals surface area (Å²) in [4.78, 5) is 0. The van der Waals surface area contributed by atoms with Crippen molar-refractivity contribution in [2.75, 3.05) is 31.7 Å². The number of aliphatic hydroxyl groups excluding tert-OH is 2. The van der Waals surface area contributed by atoms with E-state index in [1.165, 1.54) is 0 Å². The van der Waals surface area contributed by atoms with Crippen LogP contribution in [-0.4, -0.2) is 58.7 Å². The molecule has 0 heterocycles. The third-order valence-electron chi connectivity index (χ3n) is 1.55. The first-order valence-electron chi connectivity index (χ1n) is 4.23. The highest BCUT2D eigenvalue weighted by molar-refractivity contribution is 7.98. The van der Waals surface area contributed by atoms with Crippen LogP contribution >= 0.6 is 11.8 Å². The fourth-order valence-corrected chi connectivity index (χ4v) is 1.66. The van der Waals surface area contributed by atoms with Gasteiger partial charge in [-0.3, -0.25) is 0 Å². The molecule has 4 nitrogen and oxygen atoms in total. The van der Waals surface area contributed by atoms with Gasteiger partial charge in [0.25, 0.3) is 0 Å². The summed E-state index contributed by atoms with van der Waals surface area (Å²) in [6, 6.07) is 0. The molecule has 0 aromatic heterocycles. The summed E-state index contributed by atoms with van der Waals surface area (Å²) in [7, 11) is 0. The highest BCUT2D eigenvalue weighted by Gasteiger charge is 2.18. The normalized spacial score (nSPS) is 18.2. The van der Waals surface area contributed by atoms with Crippen LogP contribution in [0.15, 0.2) is 0 Å². The average Bonchev–Trinajstić information content (AvgIpc) is 2.03. The molecule has 5 heteroatoms. The number of rotatable bonds is 7. The predicted octanol–water partition coefficient (Wildman–Crippen LogP) is -0.957. The van der Waals surface area contributed by atoms with Crippen molar-refractivity contribution in [2.45, 2.75) is 18.6 Å². The lowest BCUT2D eigenvalue weighted by Gasteiger charge is -2.23. The summed E-state index contributed by atoms with van der Waals surface area (Å²) in [5.41, 5.74) is -0.755. The van der Waals surface area contributed by atoms with Crippen molar-refractivity contribution in [3.63, 3.8) is 0 Å².